The van der Waals surface area contributed by atoms with E-state index in [1.807, 2.05) is 18.7 Å². The first-order chi connectivity index (χ1) is 15.5. The number of halogens is 3. The smallest absolute Gasteiger partial charge is 0.475 e. The molecule has 1 atom stereocenters. The fourth-order valence-electron chi connectivity index (χ4n) is 4.75. The van der Waals surface area contributed by atoms with Crippen LogP contribution >= 0.6 is 0 Å². The van der Waals surface area contributed by atoms with Crippen LogP contribution < -0.4 is 0 Å². The number of aromatic nitrogens is 2. The molecule has 11 heteroatoms. The maximum atomic E-state index is 13.0. The van der Waals surface area contributed by atoms with Crippen LogP contribution in [0.15, 0.2) is 29.1 Å². The lowest BCUT2D eigenvalue weighted by atomic mass is 9.87. The molecular weight excluding hydrogens is 441 g/mol. The van der Waals surface area contributed by atoms with Crippen molar-refractivity contribution in [1.29, 1.82) is 0 Å². The number of aliphatic carboxylic acids is 1. The summed E-state index contributed by atoms with van der Waals surface area (Å²) in [6.45, 7) is 5.95. The van der Waals surface area contributed by atoms with Gasteiger partial charge in [0.15, 0.2) is 0 Å². The van der Waals surface area contributed by atoms with Gasteiger partial charge in [-0.3, -0.25) is 14.4 Å². The van der Waals surface area contributed by atoms with Gasteiger partial charge in [-0.05, 0) is 57.7 Å². The van der Waals surface area contributed by atoms with Crippen molar-refractivity contribution < 1.29 is 32.3 Å². The number of carbonyl (C=O) groups is 2. The van der Waals surface area contributed by atoms with Crippen molar-refractivity contribution in [2.24, 2.45) is 7.05 Å². The zero-order chi connectivity index (χ0) is 24.2. The number of carboxylic acids is 1. The molecule has 2 saturated heterocycles. The molecule has 1 amide bonds. The summed E-state index contributed by atoms with van der Waals surface area (Å²) in [4.78, 5) is 26.5. The number of carbonyl (C=O) groups excluding carboxylic acids is 1. The van der Waals surface area contributed by atoms with Crippen molar-refractivity contribution in [3.05, 3.63) is 41.6 Å². The molecule has 0 aliphatic carbocycles. The minimum absolute atomic E-state index is 0.0193. The van der Waals surface area contributed by atoms with Crippen LogP contribution in [0.3, 0.4) is 0 Å². The Morgan fingerprint density at radius 3 is 2.39 bits per heavy atom. The monoisotopic (exact) mass is 470 g/mol. The van der Waals surface area contributed by atoms with Gasteiger partial charge in [0.25, 0.3) is 5.91 Å². The van der Waals surface area contributed by atoms with E-state index >= 15 is 0 Å². The highest BCUT2D eigenvalue weighted by Gasteiger charge is 2.44. The average molecular weight is 470 g/mol. The predicted molar refractivity (Wildman–Crippen MR) is 112 cm³/mol. The van der Waals surface area contributed by atoms with Crippen LogP contribution in [0.1, 0.15) is 53.8 Å². The highest BCUT2D eigenvalue weighted by atomic mass is 19.4. The summed E-state index contributed by atoms with van der Waals surface area (Å²) in [5, 5.41) is 11.6. The number of likely N-dealkylation sites (tertiary alicyclic amines) is 2. The second-order valence-electron chi connectivity index (χ2n) is 8.63. The average Bonchev–Trinajstić information content (AvgIpc) is 3.43. The molecule has 0 bridgehead atoms. The van der Waals surface area contributed by atoms with Gasteiger partial charge in [0.2, 0.25) is 0 Å². The van der Waals surface area contributed by atoms with Gasteiger partial charge >= 0.3 is 12.1 Å². The predicted octanol–water partition coefficient (Wildman–Crippen LogP) is 3.62. The Morgan fingerprint density at radius 1 is 1.18 bits per heavy atom. The molecule has 2 aromatic heterocycles. The fraction of sp³-hybridized carbons (Fsp3) is 0.591. The highest BCUT2D eigenvalue weighted by molar-refractivity contribution is 5.94. The molecule has 2 aliphatic rings. The lowest BCUT2D eigenvalue weighted by molar-refractivity contribution is -0.192. The molecule has 4 rings (SSSR count). The minimum atomic E-state index is -5.08. The highest BCUT2D eigenvalue weighted by Crippen LogP contribution is 2.39. The maximum absolute atomic E-state index is 13.0. The van der Waals surface area contributed by atoms with Crippen LogP contribution in [-0.2, 0) is 18.4 Å². The molecule has 2 aromatic rings. The Labute approximate surface area is 189 Å². The topological polar surface area (TPSA) is 91.8 Å². The molecule has 8 nitrogen and oxygen atoms in total. The number of hydrogen-bond donors (Lipinski definition) is 1. The number of amides is 1. The Kier molecular flexibility index (Phi) is 7.51. The summed E-state index contributed by atoms with van der Waals surface area (Å²) in [7, 11) is 2.02. The Bertz CT molecular complexity index is 957. The van der Waals surface area contributed by atoms with E-state index in [0.717, 1.165) is 64.0 Å². The van der Waals surface area contributed by atoms with Gasteiger partial charge in [-0.15, -0.1) is 0 Å². The standard InChI is InChI=1S/C20H28N4O2.C2HF3O2/c1-16-13-18(22(2)21-16)14-23-9-3-6-20(8-11-23)7-4-10-24(20)19(25)17-5-12-26-15-17;3-2(4,5)1(6)7/h5,12-13,15H,3-4,6-11,14H2,1-2H3;(H,6,7). The van der Waals surface area contributed by atoms with Gasteiger partial charge in [-0.1, -0.05) is 0 Å². The number of alkyl halides is 3. The van der Waals surface area contributed by atoms with E-state index in [1.54, 1.807) is 18.6 Å². The van der Waals surface area contributed by atoms with E-state index in [9.17, 15) is 18.0 Å². The third-order valence-corrected chi connectivity index (χ3v) is 6.35. The van der Waals surface area contributed by atoms with E-state index < -0.39 is 12.1 Å². The van der Waals surface area contributed by atoms with Gasteiger partial charge in [0, 0.05) is 32.2 Å². The van der Waals surface area contributed by atoms with Crippen molar-refractivity contribution in [3.8, 4) is 0 Å². The quantitative estimate of drug-likeness (QED) is 0.737. The number of aryl methyl sites for hydroxylation is 2. The van der Waals surface area contributed by atoms with Crippen molar-refractivity contribution in [2.75, 3.05) is 19.6 Å². The molecule has 1 unspecified atom stereocenters. The molecule has 1 N–H and O–H groups in total. The zero-order valence-electron chi connectivity index (χ0n) is 18.8. The molecule has 0 saturated carbocycles. The van der Waals surface area contributed by atoms with E-state index in [1.165, 1.54) is 5.69 Å². The second-order valence-corrected chi connectivity index (χ2v) is 8.63. The van der Waals surface area contributed by atoms with Gasteiger partial charge in [0.05, 0.1) is 23.2 Å². The summed E-state index contributed by atoms with van der Waals surface area (Å²) >= 11 is 0. The maximum Gasteiger partial charge on any atom is 0.490 e. The summed E-state index contributed by atoms with van der Waals surface area (Å²) in [5.41, 5.74) is 3.03. The normalized spacial score (nSPS) is 21.5. The third kappa shape index (κ3) is 5.95. The number of furan rings is 1. The summed E-state index contributed by atoms with van der Waals surface area (Å²) in [6, 6.07) is 3.95. The van der Waals surface area contributed by atoms with Crippen LogP contribution in [0.2, 0.25) is 0 Å². The van der Waals surface area contributed by atoms with Gasteiger partial charge in [-0.2, -0.15) is 18.3 Å². The number of rotatable bonds is 3. The molecule has 0 radical (unpaired) electrons. The largest absolute Gasteiger partial charge is 0.490 e. The van der Waals surface area contributed by atoms with E-state index in [4.69, 9.17) is 14.3 Å². The first-order valence-corrected chi connectivity index (χ1v) is 10.9. The molecule has 182 valence electrons. The van der Waals surface area contributed by atoms with Crippen molar-refractivity contribution >= 4 is 11.9 Å². The van der Waals surface area contributed by atoms with Crippen molar-refractivity contribution in [3.63, 3.8) is 0 Å². The van der Waals surface area contributed by atoms with E-state index in [-0.39, 0.29) is 11.4 Å². The fourth-order valence-corrected chi connectivity index (χ4v) is 4.75. The SMILES string of the molecule is Cc1cc(CN2CCCC3(CCCN3C(=O)c3ccoc3)CC2)n(C)n1.O=C(O)C(F)(F)F. The Balaban J connectivity index is 0.000000383. The van der Waals surface area contributed by atoms with Crippen molar-refractivity contribution in [1.82, 2.24) is 19.6 Å². The van der Waals surface area contributed by atoms with Crippen LogP contribution in [0, 0.1) is 6.92 Å². The molecule has 2 fully saturated rings. The third-order valence-electron chi connectivity index (χ3n) is 6.35. The first kappa shape index (κ1) is 24.8. The molecule has 4 heterocycles. The minimum Gasteiger partial charge on any atom is -0.475 e. The van der Waals surface area contributed by atoms with Crippen LogP contribution in [0.5, 0.6) is 0 Å². The van der Waals surface area contributed by atoms with Gasteiger partial charge < -0.3 is 14.4 Å². The molecular formula is C22H29F3N4O4. The molecule has 33 heavy (non-hydrogen) atoms. The molecule has 1 spiro atoms. The van der Waals surface area contributed by atoms with E-state index in [0.29, 0.717) is 5.56 Å². The van der Waals surface area contributed by atoms with Crippen LogP contribution in [-0.4, -0.2) is 67.9 Å². The molecule has 0 aromatic carbocycles. The Hall–Kier alpha value is -2.82. The first-order valence-electron chi connectivity index (χ1n) is 10.9. The number of nitrogens with zero attached hydrogens (tertiary/aromatic N) is 4. The summed E-state index contributed by atoms with van der Waals surface area (Å²) in [6.07, 6.45) is 3.57. The second kappa shape index (κ2) is 9.98. The number of hydrogen-bond acceptors (Lipinski definition) is 5. The number of carboxylic acid groups (broad SMARTS) is 1. The van der Waals surface area contributed by atoms with Gasteiger partial charge in [0.1, 0.15) is 6.26 Å². The lowest BCUT2D eigenvalue weighted by Gasteiger charge is -2.38. The zero-order valence-corrected chi connectivity index (χ0v) is 18.8. The Morgan fingerprint density at radius 2 is 1.85 bits per heavy atom. The molecule has 2 aliphatic heterocycles. The van der Waals surface area contributed by atoms with Crippen LogP contribution in [0.4, 0.5) is 13.2 Å². The van der Waals surface area contributed by atoms with Crippen LogP contribution in [0.25, 0.3) is 0 Å². The van der Waals surface area contributed by atoms with Gasteiger partial charge in [-0.25, -0.2) is 4.79 Å². The lowest BCUT2D eigenvalue weighted by Crippen LogP contribution is -2.47. The van der Waals surface area contributed by atoms with Crippen molar-refractivity contribution in [2.45, 2.75) is 57.3 Å². The summed E-state index contributed by atoms with van der Waals surface area (Å²) in [5.74, 6) is -2.63. The van der Waals surface area contributed by atoms with E-state index in [2.05, 4.69) is 21.0 Å². The summed E-state index contributed by atoms with van der Waals surface area (Å²) < 4.78 is 38.9.